The van der Waals surface area contributed by atoms with Crippen molar-refractivity contribution in [3.8, 4) is 6.07 Å². The Morgan fingerprint density at radius 3 is 2.54 bits per heavy atom. The van der Waals surface area contributed by atoms with Crippen molar-refractivity contribution in [2.75, 3.05) is 45.2 Å². The van der Waals surface area contributed by atoms with Gasteiger partial charge in [0.1, 0.15) is 6.54 Å². The van der Waals surface area contributed by atoms with Gasteiger partial charge in [0.25, 0.3) is 0 Å². The first-order valence-corrected chi connectivity index (χ1v) is 11.4. The number of nitrogens with zero attached hydrogens (tertiary/aromatic N) is 6. The van der Waals surface area contributed by atoms with Crippen LogP contribution >= 0.6 is 0 Å². The molecule has 0 saturated carbocycles. The number of aromatic nitrogens is 2. The van der Waals surface area contributed by atoms with E-state index in [1.807, 2.05) is 4.90 Å². The summed E-state index contributed by atoms with van der Waals surface area (Å²) in [6.07, 6.45) is -0.200. The van der Waals surface area contributed by atoms with E-state index in [0.29, 0.717) is 44.7 Å². The zero-order valence-corrected chi connectivity index (χ0v) is 19.6. The first kappa shape index (κ1) is 24.6. The summed E-state index contributed by atoms with van der Waals surface area (Å²) in [6.45, 7) is 1.71. The maximum atomic E-state index is 13.4. The zero-order valence-electron chi connectivity index (χ0n) is 19.6. The lowest BCUT2D eigenvalue weighted by Gasteiger charge is -2.43. The van der Waals surface area contributed by atoms with Crippen molar-refractivity contribution in [2.24, 2.45) is 11.3 Å². The second kappa shape index (κ2) is 9.24. The standard InChI is InChI=1S/C24H27F3N6O2/c1-30(2)22(35)20-14-32(21(34)15-33-9-3-8-29-33)16-23(20)6-10-31(11-7-23)18-5-4-17(13-28)19(12-18)24(25,26)27/h3-5,8-9,12,20H,6-7,10-11,14-16H2,1-2H3. The van der Waals surface area contributed by atoms with Gasteiger partial charge in [-0.05, 0) is 37.1 Å². The Hall–Kier alpha value is -3.55. The Balaban J connectivity index is 1.53. The molecule has 11 heteroatoms. The SMILES string of the molecule is CN(C)C(=O)C1CN(C(=O)Cn2cccn2)CC12CCN(c1ccc(C#N)c(C(F)(F)F)c1)CC2. The first-order chi connectivity index (χ1) is 16.5. The molecule has 1 spiro atoms. The number of nitriles is 1. The number of hydrogen-bond acceptors (Lipinski definition) is 5. The van der Waals surface area contributed by atoms with E-state index in [-0.39, 0.29) is 24.3 Å². The third kappa shape index (κ3) is 4.83. The summed E-state index contributed by atoms with van der Waals surface area (Å²) in [4.78, 5) is 31.1. The highest BCUT2D eigenvalue weighted by Crippen LogP contribution is 2.46. The number of anilines is 1. The Bertz CT molecular complexity index is 1130. The van der Waals surface area contributed by atoms with Crippen LogP contribution in [-0.2, 0) is 22.3 Å². The van der Waals surface area contributed by atoms with Crippen LogP contribution in [0.5, 0.6) is 0 Å². The van der Waals surface area contributed by atoms with E-state index in [1.54, 1.807) is 48.2 Å². The predicted octanol–water partition coefficient (Wildman–Crippen LogP) is 2.61. The van der Waals surface area contributed by atoms with Gasteiger partial charge < -0.3 is 14.7 Å². The summed E-state index contributed by atoms with van der Waals surface area (Å²) < 4.78 is 41.9. The summed E-state index contributed by atoms with van der Waals surface area (Å²) in [5, 5.41) is 13.1. The van der Waals surface area contributed by atoms with Crippen LogP contribution in [0.2, 0.25) is 0 Å². The van der Waals surface area contributed by atoms with Crippen molar-refractivity contribution in [2.45, 2.75) is 25.6 Å². The fourth-order valence-electron chi connectivity index (χ4n) is 5.22. The molecule has 3 heterocycles. The second-order valence-electron chi connectivity index (χ2n) is 9.45. The normalized spacial score (nSPS) is 19.6. The van der Waals surface area contributed by atoms with Gasteiger partial charge in [-0.3, -0.25) is 14.3 Å². The minimum absolute atomic E-state index is 0.0504. The molecule has 8 nitrogen and oxygen atoms in total. The van der Waals surface area contributed by atoms with Gasteiger partial charge in [0.2, 0.25) is 11.8 Å². The maximum absolute atomic E-state index is 13.4. The lowest BCUT2D eigenvalue weighted by atomic mass is 9.70. The van der Waals surface area contributed by atoms with Gasteiger partial charge in [0.05, 0.1) is 23.1 Å². The molecule has 0 aliphatic carbocycles. The maximum Gasteiger partial charge on any atom is 0.417 e. The molecular formula is C24H27F3N6O2. The molecule has 2 fully saturated rings. The summed E-state index contributed by atoms with van der Waals surface area (Å²) >= 11 is 0. The number of rotatable bonds is 4. The topological polar surface area (TPSA) is 85.5 Å². The monoisotopic (exact) mass is 488 g/mol. The van der Waals surface area contributed by atoms with Crippen molar-refractivity contribution in [1.29, 1.82) is 5.26 Å². The third-order valence-electron chi connectivity index (χ3n) is 7.15. The molecule has 1 aromatic carbocycles. The van der Waals surface area contributed by atoms with E-state index in [2.05, 4.69) is 5.10 Å². The van der Waals surface area contributed by atoms with Gasteiger partial charge in [-0.1, -0.05) is 0 Å². The fourth-order valence-corrected chi connectivity index (χ4v) is 5.22. The number of likely N-dealkylation sites (tertiary alicyclic amines) is 1. The lowest BCUT2D eigenvalue weighted by Crippen LogP contribution is -2.48. The molecule has 186 valence electrons. The summed E-state index contributed by atoms with van der Waals surface area (Å²) in [5.41, 5.74) is -1.41. The predicted molar refractivity (Wildman–Crippen MR) is 121 cm³/mol. The van der Waals surface area contributed by atoms with E-state index in [0.717, 1.165) is 6.07 Å². The highest BCUT2D eigenvalue weighted by Gasteiger charge is 2.52. The van der Waals surface area contributed by atoms with Crippen molar-refractivity contribution in [1.82, 2.24) is 19.6 Å². The van der Waals surface area contributed by atoms with Crippen molar-refractivity contribution >= 4 is 17.5 Å². The molecule has 0 N–H and O–H groups in total. The van der Waals surface area contributed by atoms with Gasteiger partial charge >= 0.3 is 6.18 Å². The van der Waals surface area contributed by atoms with Gasteiger partial charge in [0.15, 0.2) is 0 Å². The molecular weight excluding hydrogens is 461 g/mol. The minimum Gasteiger partial charge on any atom is -0.371 e. The van der Waals surface area contributed by atoms with Crippen LogP contribution in [0.1, 0.15) is 24.0 Å². The van der Waals surface area contributed by atoms with Gasteiger partial charge in [-0.25, -0.2) is 0 Å². The average Bonchev–Trinajstić information content (AvgIpc) is 3.46. The van der Waals surface area contributed by atoms with Crippen molar-refractivity contribution < 1.29 is 22.8 Å². The van der Waals surface area contributed by atoms with Crippen LogP contribution in [0.4, 0.5) is 18.9 Å². The minimum atomic E-state index is -4.62. The van der Waals surface area contributed by atoms with Crippen LogP contribution in [0, 0.1) is 22.7 Å². The first-order valence-electron chi connectivity index (χ1n) is 11.4. The number of piperidine rings is 1. The number of halogens is 3. The van der Waals surface area contributed by atoms with Crippen molar-refractivity contribution in [3.63, 3.8) is 0 Å². The quantitative estimate of drug-likeness (QED) is 0.661. The summed E-state index contributed by atoms with van der Waals surface area (Å²) in [6, 6.07) is 7.10. The third-order valence-corrected chi connectivity index (χ3v) is 7.15. The number of benzene rings is 1. The smallest absolute Gasteiger partial charge is 0.371 e. The fraction of sp³-hybridized carbons (Fsp3) is 0.500. The average molecular weight is 489 g/mol. The van der Waals surface area contributed by atoms with Crippen LogP contribution in [0.25, 0.3) is 0 Å². The van der Waals surface area contributed by atoms with Crippen LogP contribution in [0.3, 0.4) is 0 Å². The van der Waals surface area contributed by atoms with Gasteiger partial charge in [0, 0.05) is 63.8 Å². The molecule has 2 amide bonds. The summed E-state index contributed by atoms with van der Waals surface area (Å²) in [7, 11) is 3.38. The number of hydrogen-bond donors (Lipinski definition) is 0. The van der Waals surface area contributed by atoms with Crippen LogP contribution < -0.4 is 4.90 Å². The van der Waals surface area contributed by atoms with Gasteiger partial charge in [-0.15, -0.1) is 0 Å². The van der Waals surface area contributed by atoms with E-state index >= 15 is 0 Å². The molecule has 35 heavy (non-hydrogen) atoms. The number of carbonyl (C=O) groups is 2. The Labute approximate surface area is 201 Å². The van der Waals surface area contributed by atoms with Crippen LogP contribution in [-0.4, -0.2) is 71.7 Å². The van der Waals surface area contributed by atoms with E-state index in [1.165, 1.54) is 17.0 Å². The van der Waals surface area contributed by atoms with E-state index in [4.69, 9.17) is 5.26 Å². The molecule has 1 atom stereocenters. The summed E-state index contributed by atoms with van der Waals surface area (Å²) in [5.74, 6) is -0.551. The Morgan fingerprint density at radius 1 is 1.26 bits per heavy atom. The molecule has 2 aliphatic rings. The van der Waals surface area contributed by atoms with Gasteiger partial charge in [-0.2, -0.15) is 23.5 Å². The number of alkyl halides is 3. The molecule has 4 rings (SSSR count). The van der Waals surface area contributed by atoms with Crippen LogP contribution in [0.15, 0.2) is 36.7 Å². The largest absolute Gasteiger partial charge is 0.417 e. The highest BCUT2D eigenvalue weighted by atomic mass is 19.4. The Morgan fingerprint density at radius 2 is 1.97 bits per heavy atom. The molecule has 2 saturated heterocycles. The molecule has 1 aromatic heterocycles. The molecule has 2 aliphatic heterocycles. The number of amides is 2. The molecule has 2 aromatic rings. The second-order valence-corrected chi connectivity index (χ2v) is 9.45. The zero-order chi connectivity index (χ0) is 25.4. The Kier molecular flexibility index (Phi) is 6.49. The van der Waals surface area contributed by atoms with E-state index < -0.39 is 22.7 Å². The van der Waals surface area contributed by atoms with Crippen molar-refractivity contribution in [3.05, 3.63) is 47.8 Å². The molecule has 0 radical (unpaired) electrons. The molecule has 0 bridgehead atoms. The molecule has 1 unspecified atom stereocenters. The lowest BCUT2D eigenvalue weighted by molar-refractivity contribution is -0.138. The highest BCUT2D eigenvalue weighted by molar-refractivity contribution is 5.83. The number of carbonyl (C=O) groups excluding carboxylic acids is 2. The van der Waals surface area contributed by atoms with E-state index in [9.17, 15) is 22.8 Å².